The van der Waals surface area contributed by atoms with Gasteiger partial charge in [0.1, 0.15) is 5.69 Å². The minimum atomic E-state index is -0.0492. The molecule has 0 aliphatic carbocycles. The summed E-state index contributed by atoms with van der Waals surface area (Å²) in [7, 11) is 0. The highest BCUT2D eigenvalue weighted by Gasteiger charge is 2.39. The monoisotopic (exact) mass is 309 g/mol. The van der Waals surface area contributed by atoms with E-state index in [4.69, 9.17) is 4.74 Å². The topological polar surface area (TPSA) is 62.7 Å². The van der Waals surface area contributed by atoms with E-state index in [1.807, 2.05) is 11.8 Å². The Balaban J connectivity index is 1.74. The number of morpholine rings is 1. The van der Waals surface area contributed by atoms with Gasteiger partial charge in [0, 0.05) is 31.9 Å². The smallest absolute Gasteiger partial charge is 0.273 e. The van der Waals surface area contributed by atoms with Crippen LogP contribution >= 0.6 is 11.3 Å². The maximum absolute atomic E-state index is 12.5. The van der Waals surface area contributed by atoms with Gasteiger partial charge in [-0.3, -0.25) is 9.59 Å². The first-order valence-corrected chi connectivity index (χ1v) is 8.04. The van der Waals surface area contributed by atoms with Gasteiger partial charge in [-0.2, -0.15) is 0 Å². The number of piperidine rings is 1. The van der Waals surface area contributed by atoms with E-state index in [9.17, 15) is 9.59 Å². The van der Waals surface area contributed by atoms with Crippen molar-refractivity contribution in [3.05, 3.63) is 16.1 Å². The molecule has 2 amide bonds. The fourth-order valence-corrected chi connectivity index (χ4v) is 3.66. The second kappa shape index (κ2) is 5.73. The van der Waals surface area contributed by atoms with Gasteiger partial charge in [-0.1, -0.05) is 0 Å². The van der Waals surface area contributed by atoms with E-state index in [1.165, 1.54) is 11.3 Å². The number of fused-ring (bicyclic) bond motifs is 1. The molecule has 3 rings (SSSR count). The molecule has 2 fully saturated rings. The maximum Gasteiger partial charge on any atom is 0.273 e. The number of carbonyl (C=O) groups excluding carboxylic acids is 2. The molecule has 3 heterocycles. The number of hydrogen-bond donors (Lipinski definition) is 0. The normalized spacial score (nSPS) is 25.6. The number of carbonyl (C=O) groups is 2. The van der Waals surface area contributed by atoms with Crippen molar-refractivity contribution in [1.29, 1.82) is 0 Å². The summed E-state index contributed by atoms with van der Waals surface area (Å²) in [6.45, 7) is 5.84. The van der Waals surface area contributed by atoms with Gasteiger partial charge in [-0.05, 0) is 13.3 Å². The Labute approximate surface area is 127 Å². The van der Waals surface area contributed by atoms with Crippen molar-refractivity contribution in [3.63, 3.8) is 0 Å². The van der Waals surface area contributed by atoms with Crippen molar-refractivity contribution < 1.29 is 14.3 Å². The van der Waals surface area contributed by atoms with Gasteiger partial charge in [0.05, 0.1) is 23.8 Å². The molecule has 21 heavy (non-hydrogen) atoms. The average molecular weight is 309 g/mol. The highest BCUT2D eigenvalue weighted by Crippen LogP contribution is 2.24. The maximum atomic E-state index is 12.5. The Kier molecular flexibility index (Phi) is 3.95. The van der Waals surface area contributed by atoms with Crippen molar-refractivity contribution in [3.8, 4) is 0 Å². The first-order valence-electron chi connectivity index (χ1n) is 7.16. The molecule has 7 heteroatoms. The highest BCUT2D eigenvalue weighted by molar-refractivity contribution is 7.09. The lowest BCUT2D eigenvalue weighted by Crippen LogP contribution is -2.61. The number of likely N-dealkylation sites (tertiary alicyclic amines) is 1. The molecular weight excluding hydrogens is 290 g/mol. The van der Waals surface area contributed by atoms with Crippen LogP contribution in [-0.2, 0) is 9.53 Å². The summed E-state index contributed by atoms with van der Waals surface area (Å²) >= 11 is 1.48. The fraction of sp³-hybridized carbons (Fsp3) is 0.643. The van der Waals surface area contributed by atoms with Gasteiger partial charge in [-0.15, -0.1) is 11.3 Å². The number of thiazole rings is 1. The molecule has 0 saturated carbocycles. The first-order chi connectivity index (χ1) is 10.1. The summed E-state index contributed by atoms with van der Waals surface area (Å²) in [6.07, 6.45) is 0.812. The summed E-state index contributed by atoms with van der Waals surface area (Å²) in [6, 6.07) is -0.0336. The second-order valence-electron chi connectivity index (χ2n) is 5.48. The van der Waals surface area contributed by atoms with Crippen LogP contribution < -0.4 is 0 Å². The lowest BCUT2D eigenvalue weighted by Gasteiger charge is -2.46. The number of amides is 2. The highest BCUT2D eigenvalue weighted by atomic mass is 32.1. The first kappa shape index (κ1) is 14.5. The number of hydrogen-bond acceptors (Lipinski definition) is 5. The molecule has 0 spiro atoms. The average Bonchev–Trinajstić information content (AvgIpc) is 2.91. The van der Waals surface area contributed by atoms with Gasteiger partial charge < -0.3 is 14.5 Å². The quantitative estimate of drug-likeness (QED) is 0.774. The molecule has 2 aliphatic heterocycles. The summed E-state index contributed by atoms with van der Waals surface area (Å²) < 4.78 is 5.75. The van der Waals surface area contributed by atoms with Gasteiger partial charge in [0.15, 0.2) is 0 Å². The van der Waals surface area contributed by atoms with E-state index in [1.54, 1.807) is 17.2 Å². The van der Waals surface area contributed by atoms with E-state index in [-0.39, 0.29) is 24.0 Å². The second-order valence-corrected chi connectivity index (χ2v) is 6.54. The van der Waals surface area contributed by atoms with Crippen molar-refractivity contribution in [2.45, 2.75) is 32.4 Å². The predicted octanol–water partition coefficient (Wildman–Crippen LogP) is 0.913. The Morgan fingerprint density at radius 1 is 1.43 bits per heavy atom. The van der Waals surface area contributed by atoms with E-state index < -0.39 is 0 Å². The Bertz CT molecular complexity index is 559. The zero-order valence-electron chi connectivity index (χ0n) is 12.2. The predicted molar refractivity (Wildman–Crippen MR) is 78.3 cm³/mol. The molecule has 2 atom stereocenters. The minimum absolute atomic E-state index is 0.0336. The molecule has 114 valence electrons. The SMILES string of the molecule is CC(=O)N1CCO[C@@H]2CCN(C(=O)c3csc(C)n3)C[C@H]21. The van der Waals surface area contributed by atoms with Crippen LogP contribution in [0.25, 0.3) is 0 Å². The summed E-state index contributed by atoms with van der Waals surface area (Å²) in [5.74, 6) is -0.000947. The largest absolute Gasteiger partial charge is 0.374 e. The van der Waals surface area contributed by atoms with Crippen LogP contribution in [-0.4, -0.2) is 65.0 Å². The third-order valence-electron chi connectivity index (χ3n) is 4.11. The van der Waals surface area contributed by atoms with Gasteiger partial charge in [0.2, 0.25) is 5.91 Å². The zero-order valence-corrected chi connectivity index (χ0v) is 13.1. The van der Waals surface area contributed by atoms with Gasteiger partial charge >= 0.3 is 0 Å². The molecule has 0 N–H and O–H groups in total. The number of nitrogens with zero attached hydrogens (tertiary/aromatic N) is 3. The number of rotatable bonds is 1. The number of aryl methyl sites for hydroxylation is 1. The molecule has 6 nitrogen and oxygen atoms in total. The molecule has 0 bridgehead atoms. The minimum Gasteiger partial charge on any atom is -0.374 e. The molecule has 1 aromatic rings. The van der Waals surface area contributed by atoms with Crippen LogP contribution in [0.4, 0.5) is 0 Å². The lowest BCUT2D eigenvalue weighted by molar-refractivity contribution is -0.149. The molecule has 0 unspecified atom stereocenters. The molecular formula is C14H19N3O3S. The van der Waals surface area contributed by atoms with E-state index in [0.717, 1.165) is 11.4 Å². The molecule has 2 saturated heterocycles. The Morgan fingerprint density at radius 2 is 2.24 bits per heavy atom. The van der Waals surface area contributed by atoms with Crippen LogP contribution in [0.3, 0.4) is 0 Å². The lowest BCUT2D eigenvalue weighted by atomic mass is 9.98. The van der Waals surface area contributed by atoms with Crippen LogP contribution in [0.1, 0.15) is 28.8 Å². The molecule has 0 radical (unpaired) electrons. The van der Waals surface area contributed by atoms with Crippen LogP contribution in [0.15, 0.2) is 5.38 Å². The number of ether oxygens (including phenoxy) is 1. The van der Waals surface area contributed by atoms with Crippen molar-refractivity contribution in [2.75, 3.05) is 26.2 Å². The molecule has 1 aromatic heterocycles. The standard InChI is InChI=1S/C14H19N3O3S/c1-9-15-11(8-21-9)14(19)16-4-3-13-12(7-16)17(10(2)18)5-6-20-13/h8,12-13H,3-7H2,1-2H3/t12-,13-/m1/s1. The third-order valence-corrected chi connectivity index (χ3v) is 4.89. The van der Waals surface area contributed by atoms with Crippen molar-refractivity contribution in [1.82, 2.24) is 14.8 Å². The van der Waals surface area contributed by atoms with Crippen molar-refractivity contribution in [2.24, 2.45) is 0 Å². The number of aromatic nitrogens is 1. The van der Waals surface area contributed by atoms with Crippen LogP contribution in [0.2, 0.25) is 0 Å². The van der Waals surface area contributed by atoms with E-state index in [0.29, 0.717) is 31.9 Å². The summed E-state index contributed by atoms with van der Waals surface area (Å²) in [4.78, 5) is 32.1. The Hall–Kier alpha value is -1.47. The van der Waals surface area contributed by atoms with Gasteiger partial charge in [-0.25, -0.2) is 4.98 Å². The van der Waals surface area contributed by atoms with Crippen molar-refractivity contribution >= 4 is 23.2 Å². The molecule has 0 aromatic carbocycles. The van der Waals surface area contributed by atoms with Gasteiger partial charge in [0.25, 0.3) is 5.91 Å². The molecule has 2 aliphatic rings. The zero-order chi connectivity index (χ0) is 15.0. The van der Waals surface area contributed by atoms with E-state index in [2.05, 4.69) is 4.98 Å². The van der Waals surface area contributed by atoms with Crippen LogP contribution in [0.5, 0.6) is 0 Å². The third kappa shape index (κ3) is 2.80. The summed E-state index contributed by atoms with van der Waals surface area (Å²) in [5, 5.41) is 2.68. The van der Waals surface area contributed by atoms with Crippen LogP contribution in [0, 0.1) is 6.92 Å². The summed E-state index contributed by atoms with van der Waals surface area (Å²) in [5.41, 5.74) is 0.502. The Morgan fingerprint density at radius 3 is 2.90 bits per heavy atom. The van der Waals surface area contributed by atoms with E-state index >= 15 is 0 Å². The fourth-order valence-electron chi connectivity index (χ4n) is 3.07.